The van der Waals surface area contributed by atoms with E-state index in [1.165, 1.54) is 24.0 Å². The van der Waals surface area contributed by atoms with Crippen molar-refractivity contribution in [1.82, 2.24) is 10.2 Å². The van der Waals surface area contributed by atoms with Gasteiger partial charge in [-0.15, -0.1) is 0 Å². The van der Waals surface area contributed by atoms with Crippen LogP contribution < -0.4 is 5.32 Å². The molecule has 3 heteroatoms. The van der Waals surface area contributed by atoms with Crippen LogP contribution in [0.1, 0.15) is 24.0 Å². The molecule has 1 spiro atoms. The Balaban J connectivity index is 2.02. The second-order valence-corrected chi connectivity index (χ2v) is 5.85. The predicted octanol–water partition coefficient (Wildman–Crippen LogP) is 1.43. The summed E-state index contributed by atoms with van der Waals surface area (Å²) in [5.41, 5.74) is 3.07. The van der Waals surface area contributed by atoms with Gasteiger partial charge in [-0.2, -0.15) is 0 Å². The Labute approximate surface area is 111 Å². The Kier molecular flexibility index (Phi) is 2.95. The third-order valence-electron chi connectivity index (χ3n) is 4.08. The predicted molar refractivity (Wildman–Crippen MR) is 66.7 cm³/mol. The van der Waals surface area contributed by atoms with E-state index in [1.54, 1.807) is 0 Å². The summed E-state index contributed by atoms with van der Waals surface area (Å²) in [7, 11) is 2.20. The summed E-state index contributed by atoms with van der Waals surface area (Å²) in [5, 5.41) is 3.66. The van der Waals surface area contributed by atoms with Gasteiger partial charge in [-0.25, -0.2) is 0 Å². The molecule has 0 atom stereocenters. The molecule has 0 radical (unpaired) electrons. The van der Waals surface area contributed by atoms with E-state index < -0.39 is 0 Å². The molecule has 0 amide bonds. The number of hydrogen-bond acceptors (Lipinski definition) is 2. The van der Waals surface area contributed by atoms with Gasteiger partial charge in [0, 0.05) is 0 Å². The number of hydrogen-bond donors (Lipinski definition) is 1. The normalized spacial score (nSPS) is 23.8. The quantitative estimate of drug-likeness (QED) is 0.769. The molecule has 1 N–H and O–H groups in total. The van der Waals surface area contributed by atoms with Gasteiger partial charge < -0.3 is 0 Å². The fourth-order valence-corrected chi connectivity index (χ4v) is 3.50. The summed E-state index contributed by atoms with van der Waals surface area (Å²) in [6.45, 7) is 2.31. The van der Waals surface area contributed by atoms with E-state index in [9.17, 15) is 0 Å². The minimum absolute atomic E-state index is 0.136. The standard InChI is InChI=1S/C14H18N2.Co/c1-16-10-7-14(8-11-16)13-5-3-2-4-12(13)6-9-15-14;/h2-5,15H,6-8,10-11H2,1H3;. The second kappa shape index (κ2) is 4.32. The average Bonchev–Trinajstić information content (AvgIpc) is 2.33. The van der Waals surface area contributed by atoms with Gasteiger partial charge in [-0.05, 0) is 0 Å². The number of likely N-dealkylation sites (tertiary alicyclic amines) is 1. The maximum atomic E-state index is 4.64. The van der Waals surface area contributed by atoms with Gasteiger partial charge in [-0.1, -0.05) is 0 Å². The Bertz CT molecular complexity index is 447. The molecule has 3 rings (SSSR count). The van der Waals surface area contributed by atoms with Gasteiger partial charge in [0.05, 0.1) is 0 Å². The molecule has 0 aliphatic carbocycles. The van der Waals surface area contributed by atoms with Gasteiger partial charge in [0.15, 0.2) is 0 Å². The molecule has 2 heterocycles. The fraction of sp³-hybridized carbons (Fsp3) is 0.500. The number of benzene rings is 1. The number of nitrogens with one attached hydrogen (secondary N) is 1. The third kappa shape index (κ3) is 2.01. The molecule has 1 aromatic carbocycles. The summed E-state index contributed by atoms with van der Waals surface area (Å²) >= 11 is 4.64. The first-order chi connectivity index (χ1) is 8.20. The van der Waals surface area contributed by atoms with Crippen molar-refractivity contribution in [2.24, 2.45) is 0 Å². The van der Waals surface area contributed by atoms with Crippen molar-refractivity contribution < 1.29 is 15.3 Å². The van der Waals surface area contributed by atoms with Crippen LogP contribution in [0.5, 0.6) is 0 Å². The molecule has 93 valence electrons. The summed E-state index contributed by atoms with van der Waals surface area (Å²) in [6.07, 6.45) is 3.29. The van der Waals surface area contributed by atoms with Crippen LogP contribution >= 0.6 is 0 Å². The van der Waals surface area contributed by atoms with Gasteiger partial charge >= 0.3 is 110 Å². The van der Waals surface area contributed by atoms with Crippen molar-refractivity contribution in [3.05, 3.63) is 35.4 Å². The van der Waals surface area contributed by atoms with Crippen LogP contribution in [0, 0.1) is 0 Å². The van der Waals surface area contributed by atoms with Crippen LogP contribution in [0.4, 0.5) is 0 Å². The fourth-order valence-electron chi connectivity index (χ4n) is 3.06. The molecule has 1 aromatic rings. The van der Waals surface area contributed by atoms with E-state index in [2.05, 4.69) is 56.8 Å². The van der Waals surface area contributed by atoms with Gasteiger partial charge in [0.25, 0.3) is 0 Å². The second-order valence-electron chi connectivity index (χ2n) is 5.22. The Morgan fingerprint density at radius 1 is 1.24 bits per heavy atom. The molecular weight excluding hydrogens is 255 g/mol. The molecule has 1 saturated heterocycles. The number of fused-ring (bicyclic) bond motifs is 2. The van der Waals surface area contributed by atoms with Crippen molar-refractivity contribution in [2.45, 2.75) is 24.8 Å². The molecule has 0 aromatic heterocycles. The molecule has 0 bridgehead atoms. The minimum atomic E-state index is 0.136. The topological polar surface area (TPSA) is 15.3 Å². The monoisotopic (exact) mass is 273 g/mol. The van der Waals surface area contributed by atoms with Crippen molar-refractivity contribution >= 4 is 4.58 Å². The summed E-state index contributed by atoms with van der Waals surface area (Å²) in [5.74, 6) is 0. The molecular formula is C14H18CoN2. The summed E-state index contributed by atoms with van der Waals surface area (Å²) in [6, 6.07) is 8.81. The first kappa shape index (κ1) is 11.6. The molecule has 0 saturated carbocycles. The molecule has 0 unspecified atom stereocenters. The molecule has 1 fully saturated rings. The van der Waals surface area contributed by atoms with E-state index in [-0.39, 0.29) is 5.54 Å². The van der Waals surface area contributed by atoms with Gasteiger partial charge in [-0.3, -0.25) is 0 Å². The van der Waals surface area contributed by atoms with Crippen molar-refractivity contribution in [2.75, 3.05) is 20.1 Å². The third-order valence-corrected chi connectivity index (χ3v) is 4.39. The summed E-state index contributed by atoms with van der Waals surface area (Å²) in [4.78, 5) is 2.40. The van der Waals surface area contributed by atoms with E-state index >= 15 is 0 Å². The Morgan fingerprint density at radius 3 is 2.71 bits per heavy atom. The molecule has 2 aliphatic heterocycles. The average molecular weight is 273 g/mol. The molecule has 2 aliphatic rings. The first-order valence-electron chi connectivity index (χ1n) is 6.24. The first-order valence-corrected chi connectivity index (χ1v) is 6.76. The van der Waals surface area contributed by atoms with E-state index in [0.29, 0.717) is 0 Å². The van der Waals surface area contributed by atoms with Gasteiger partial charge in [0.1, 0.15) is 0 Å². The SMILES string of the molecule is CN1CCC2(CC1)N[C](=[Co])Cc1ccccc12. The van der Waals surface area contributed by atoms with Crippen molar-refractivity contribution in [3.8, 4) is 0 Å². The van der Waals surface area contributed by atoms with Crippen LogP contribution in [0.25, 0.3) is 0 Å². The van der Waals surface area contributed by atoms with Crippen LogP contribution in [0.2, 0.25) is 0 Å². The number of rotatable bonds is 0. The Morgan fingerprint density at radius 2 is 1.94 bits per heavy atom. The zero-order chi connectivity index (χ0) is 11.9. The Hall–Kier alpha value is -0.484. The van der Waals surface area contributed by atoms with Crippen molar-refractivity contribution in [1.29, 1.82) is 0 Å². The van der Waals surface area contributed by atoms with Crippen LogP contribution in [0.3, 0.4) is 0 Å². The maximum absolute atomic E-state index is 4.64. The summed E-state index contributed by atoms with van der Waals surface area (Å²) < 4.78 is 1.11. The van der Waals surface area contributed by atoms with Crippen LogP contribution in [-0.4, -0.2) is 29.6 Å². The van der Waals surface area contributed by atoms with Gasteiger partial charge in [0.2, 0.25) is 0 Å². The molecule has 2 nitrogen and oxygen atoms in total. The van der Waals surface area contributed by atoms with E-state index in [0.717, 1.165) is 24.1 Å². The van der Waals surface area contributed by atoms with Crippen LogP contribution in [0.15, 0.2) is 24.3 Å². The number of nitrogens with zero attached hydrogens (tertiary/aromatic N) is 1. The molecule has 17 heavy (non-hydrogen) atoms. The van der Waals surface area contributed by atoms with E-state index in [4.69, 9.17) is 0 Å². The van der Waals surface area contributed by atoms with Crippen LogP contribution in [-0.2, 0) is 27.3 Å². The number of piperidine rings is 1. The zero-order valence-electron chi connectivity index (χ0n) is 10.1. The van der Waals surface area contributed by atoms with E-state index in [1.807, 2.05) is 0 Å². The zero-order valence-corrected chi connectivity index (χ0v) is 11.2. The van der Waals surface area contributed by atoms with Crippen molar-refractivity contribution in [3.63, 3.8) is 0 Å².